The van der Waals surface area contributed by atoms with Crippen LogP contribution >= 0.6 is 23.2 Å². The highest BCUT2D eigenvalue weighted by atomic mass is 35.5. The maximum Gasteiger partial charge on any atom is 0.308 e. The number of rotatable bonds is 15. The lowest BCUT2D eigenvalue weighted by molar-refractivity contribution is -0.151. The third kappa shape index (κ3) is 9.73. The number of carbonyl (C=O) groups excluding carboxylic acids is 3. The van der Waals surface area contributed by atoms with Crippen molar-refractivity contribution in [2.75, 3.05) is 25.0 Å². The molecule has 2 amide bonds. The van der Waals surface area contributed by atoms with Crippen molar-refractivity contribution >= 4 is 52.4 Å². The molecule has 9 heteroatoms. The fourth-order valence-corrected chi connectivity index (χ4v) is 5.16. The molecular weight excluding hydrogens is 537 g/mol. The molecule has 0 aromatic heterocycles. The third-order valence-electron chi connectivity index (χ3n) is 6.85. The zero-order valence-corrected chi connectivity index (χ0v) is 24.2. The molecule has 212 valence electrons. The predicted octanol–water partition coefficient (Wildman–Crippen LogP) is 6.68. The second-order valence-electron chi connectivity index (χ2n) is 9.85. The lowest BCUT2D eigenvalue weighted by Gasteiger charge is -2.34. The van der Waals surface area contributed by atoms with Crippen molar-refractivity contribution in [2.24, 2.45) is 0 Å². The molecule has 0 spiro atoms. The number of para-hydroxylation sites is 2. The molecule has 0 bridgehead atoms. The molecule has 0 radical (unpaired) electrons. The number of carbonyl (C=O) groups is 3. The first kappa shape index (κ1) is 30.8. The maximum atomic E-state index is 13.4. The minimum absolute atomic E-state index is 0.0440. The summed E-state index contributed by atoms with van der Waals surface area (Å²) in [5, 5.41) is 6.92. The second-order valence-corrected chi connectivity index (χ2v) is 10.7. The minimum Gasteiger partial charge on any atom is -0.466 e. The van der Waals surface area contributed by atoms with Crippen molar-refractivity contribution in [3.8, 4) is 0 Å². The van der Waals surface area contributed by atoms with Gasteiger partial charge in [-0.15, -0.1) is 0 Å². The molecule has 3 rings (SSSR count). The van der Waals surface area contributed by atoms with Crippen LogP contribution in [0, 0.1) is 0 Å². The quantitative estimate of drug-likeness (QED) is 0.182. The van der Waals surface area contributed by atoms with Crippen molar-refractivity contribution in [3.05, 3.63) is 58.1 Å². The Kier molecular flexibility index (Phi) is 12.9. The Morgan fingerprint density at radius 2 is 1.64 bits per heavy atom. The van der Waals surface area contributed by atoms with E-state index in [9.17, 15) is 14.4 Å². The molecule has 1 saturated heterocycles. The van der Waals surface area contributed by atoms with Crippen LogP contribution in [0.5, 0.6) is 0 Å². The zero-order valence-electron chi connectivity index (χ0n) is 22.6. The zero-order chi connectivity index (χ0) is 28.0. The van der Waals surface area contributed by atoms with E-state index in [-0.39, 0.29) is 24.7 Å². The summed E-state index contributed by atoms with van der Waals surface area (Å²) in [4.78, 5) is 40.1. The van der Waals surface area contributed by atoms with Gasteiger partial charge >= 0.3 is 5.97 Å². The van der Waals surface area contributed by atoms with Crippen LogP contribution < -0.4 is 10.6 Å². The average Bonchev–Trinajstić information content (AvgIpc) is 2.92. The minimum atomic E-state index is -0.893. The molecule has 0 saturated carbocycles. The fourth-order valence-electron chi connectivity index (χ4n) is 4.67. The number of halogens is 2. The van der Waals surface area contributed by atoms with Crippen molar-refractivity contribution < 1.29 is 19.1 Å². The first-order valence-corrected chi connectivity index (χ1v) is 14.7. The van der Waals surface area contributed by atoms with Gasteiger partial charge in [0.25, 0.3) is 0 Å². The van der Waals surface area contributed by atoms with E-state index in [1.807, 2.05) is 24.3 Å². The summed E-state index contributed by atoms with van der Waals surface area (Å²) in [6.45, 7) is 3.20. The highest BCUT2D eigenvalue weighted by Crippen LogP contribution is 2.33. The normalized spacial score (nSPS) is 15.1. The number of esters is 1. The van der Waals surface area contributed by atoms with E-state index < -0.39 is 12.0 Å². The smallest absolute Gasteiger partial charge is 0.308 e. The molecule has 7 nitrogen and oxygen atoms in total. The van der Waals surface area contributed by atoms with E-state index in [1.54, 1.807) is 18.2 Å². The number of nitrogens with one attached hydrogen (secondary N) is 2. The average molecular weight is 577 g/mol. The number of hydrogen-bond acceptors (Lipinski definition) is 5. The molecular formula is C30H39Cl2N3O4. The van der Waals surface area contributed by atoms with Crippen molar-refractivity contribution in [1.29, 1.82) is 0 Å². The van der Waals surface area contributed by atoms with Crippen molar-refractivity contribution in [3.63, 3.8) is 0 Å². The Morgan fingerprint density at radius 1 is 0.974 bits per heavy atom. The first-order chi connectivity index (χ1) is 18.9. The molecule has 1 heterocycles. The van der Waals surface area contributed by atoms with Crippen molar-refractivity contribution in [1.82, 2.24) is 10.2 Å². The summed E-state index contributed by atoms with van der Waals surface area (Å²) >= 11 is 12.6. The van der Waals surface area contributed by atoms with Gasteiger partial charge in [0.2, 0.25) is 11.8 Å². The lowest BCUT2D eigenvalue weighted by Crippen LogP contribution is -2.58. The number of nitrogens with zero attached hydrogens (tertiary/aromatic N) is 1. The molecule has 1 aliphatic heterocycles. The number of amides is 2. The summed E-state index contributed by atoms with van der Waals surface area (Å²) in [5.41, 5.74) is 1.96. The van der Waals surface area contributed by atoms with Crippen LogP contribution in [-0.4, -0.2) is 48.4 Å². The highest BCUT2D eigenvalue weighted by molar-refractivity contribution is 6.39. The van der Waals surface area contributed by atoms with Gasteiger partial charge in [-0.3, -0.25) is 14.4 Å². The Bertz CT molecular complexity index is 1090. The Labute approximate surface area is 241 Å². The number of benzene rings is 2. The van der Waals surface area contributed by atoms with Crippen molar-refractivity contribution in [2.45, 2.75) is 77.2 Å². The number of unbranched alkanes of at least 4 members (excludes halogenated alkanes) is 7. The van der Waals surface area contributed by atoms with E-state index in [0.717, 1.165) is 24.8 Å². The van der Waals surface area contributed by atoms with E-state index in [1.165, 1.54) is 37.0 Å². The van der Waals surface area contributed by atoms with Crippen LogP contribution in [0.1, 0.15) is 70.3 Å². The van der Waals surface area contributed by atoms with Gasteiger partial charge in [0.05, 0.1) is 35.2 Å². The topological polar surface area (TPSA) is 87.7 Å². The van der Waals surface area contributed by atoms with Crippen LogP contribution in [0.2, 0.25) is 10.0 Å². The Balaban J connectivity index is 1.54. The predicted molar refractivity (Wildman–Crippen MR) is 157 cm³/mol. The summed E-state index contributed by atoms with van der Waals surface area (Å²) < 4.78 is 5.40. The van der Waals surface area contributed by atoms with Crippen LogP contribution in [0.3, 0.4) is 0 Å². The molecule has 2 N–H and O–H groups in total. The van der Waals surface area contributed by atoms with Crippen LogP contribution in [0.25, 0.3) is 0 Å². The number of hydrogen-bond donors (Lipinski definition) is 2. The molecule has 1 fully saturated rings. The third-order valence-corrected chi connectivity index (χ3v) is 7.48. The van der Waals surface area contributed by atoms with E-state index in [2.05, 4.69) is 17.6 Å². The van der Waals surface area contributed by atoms with Crippen LogP contribution in [-0.2, 0) is 25.5 Å². The number of piperazine rings is 1. The molecule has 39 heavy (non-hydrogen) atoms. The molecule has 0 aliphatic carbocycles. The molecule has 1 aliphatic rings. The Morgan fingerprint density at radius 3 is 2.36 bits per heavy atom. The van der Waals surface area contributed by atoms with E-state index in [0.29, 0.717) is 41.1 Å². The monoisotopic (exact) mass is 575 g/mol. The van der Waals surface area contributed by atoms with Crippen LogP contribution in [0.4, 0.5) is 11.4 Å². The van der Waals surface area contributed by atoms with Gasteiger partial charge < -0.3 is 20.3 Å². The number of anilines is 2. The van der Waals surface area contributed by atoms with Gasteiger partial charge in [-0.05, 0) is 30.2 Å². The van der Waals surface area contributed by atoms with Gasteiger partial charge in [-0.25, -0.2) is 0 Å². The van der Waals surface area contributed by atoms with Gasteiger partial charge in [-0.1, -0.05) is 99.3 Å². The fraction of sp³-hybridized carbons (Fsp3) is 0.500. The van der Waals surface area contributed by atoms with Gasteiger partial charge in [0.15, 0.2) is 0 Å². The van der Waals surface area contributed by atoms with E-state index >= 15 is 0 Å². The standard InChI is InChI=1S/C30H39Cl2N3O4/c1-2-3-4-5-6-7-8-11-19-39-28(37)21-26-30(38)33-17-18-35(26)27(36)20-22-13-9-10-16-25(22)34-29-23(31)14-12-15-24(29)32/h9-10,12-16,26,34H,2-8,11,17-21H2,1H3,(H,33,38). The second kappa shape index (κ2) is 16.4. The molecule has 2 aromatic rings. The summed E-state index contributed by atoms with van der Waals surface area (Å²) in [5.74, 6) is -1.05. The molecule has 2 aromatic carbocycles. The van der Waals surface area contributed by atoms with E-state index in [4.69, 9.17) is 27.9 Å². The molecule has 1 atom stereocenters. The Hall–Kier alpha value is -2.77. The SMILES string of the molecule is CCCCCCCCCCOC(=O)CC1C(=O)NCCN1C(=O)Cc1ccccc1Nc1c(Cl)cccc1Cl. The largest absolute Gasteiger partial charge is 0.466 e. The number of ether oxygens (including phenoxy) is 1. The summed E-state index contributed by atoms with van der Waals surface area (Å²) in [6.07, 6.45) is 9.09. The maximum absolute atomic E-state index is 13.4. The lowest BCUT2D eigenvalue weighted by atomic mass is 10.0. The van der Waals surface area contributed by atoms with Gasteiger partial charge in [-0.2, -0.15) is 0 Å². The molecule has 1 unspecified atom stereocenters. The van der Waals surface area contributed by atoms with Gasteiger partial charge in [0, 0.05) is 18.8 Å². The summed E-state index contributed by atoms with van der Waals surface area (Å²) in [6, 6.07) is 11.7. The highest BCUT2D eigenvalue weighted by Gasteiger charge is 2.35. The summed E-state index contributed by atoms with van der Waals surface area (Å²) in [7, 11) is 0. The van der Waals surface area contributed by atoms with Crippen LogP contribution in [0.15, 0.2) is 42.5 Å². The van der Waals surface area contributed by atoms with Gasteiger partial charge in [0.1, 0.15) is 6.04 Å². The first-order valence-electron chi connectivity index (χ1n) is 13.9.